The van der Waals surface area contributed by atoms with Crippen molar-refractivity contribution in [2.45, 2.75) is 44.4 Å². The summed E-state index contributed by atoms with van der Waals surface area (Å²) in [6.45, 7) is 2.03. The van der Waals surface area contributed by atoms with Gasteiger partial charge in [0, 0.05) is 37.7 Å². The summed E-state index contributed by atoms with van der Waals surface area (Å²) < 4.78 is 6.76. The number of anilines is 3. The number of fused-ring (bicyclic) bond motifs is 1. The summed E-state index contributed by atoms with van der Waals surface area (Å²) in [4.78, 5) is 41.0. The Hall–Kier alpha value is -3.57. The van der Waals surface area contributed by atoms with Crippen molar-refractivity contribution in [3.8, 4) is 0 Å². The van der Waals surface area contributed by atoms with Crippen molar-refractivity contribution in [1.82, 2.24) is 24.4 Å². The summed E-state index contributed by atoms with van der Waals surface area (Å²) in [6.07, 6.45) is 9.09. The summed E-state index contributed by atoms with van der Waals surface area (Å²) in [5, 5.41) is 17.6. The number of aliphatic hydroxyl groups is 1. The van der Waals surface area contributed by atoms with Gasteiger partial charge < -0.3 is 29.9 Å². The summed E-state index contributed by atoms with van der Waals surface area (Å²) >= 11 is 0. The number of carbonyl (C=O) groups excluding carboxylic acids is 1. The van der Waals surface area contributed by atoms with Gasteiger partial charge in [0.15, 0.2) is 0 Å². The molecule has 1 aliphatic heterocycles. The smallest absolute Gasteiger partial charge is 0.262 e. The number of carbonyl (C=O) groups is 1. The Labute approximate surface area is 202 Å². The van der Waals surface area contributed by atoms with E-state index >= 15 is 0 Å². The van der Waals surface area contributed by atoms with Crippen molar-refractivity contribution in [3.05, 3.63) is 47.3 Å². The van der Waals surface area contributed by atoms with Gasteiger partial charge in [0.2, 0.25) is 5.91 Å². The average molecular weight is 480 g/mol. The van der Waals surface area contributed by atoms with E-state index in [0.29, 0.717) is 67.4 Å². The molecule has 3 aromatic rings. The molecular formula is C24H29N7O4. The number of nitrogens with zero attached hydrogens (tertiary/aromatic N) is 5. The molecule has 0 bridgehead atoms. The van der Waals surface area contributed by atoms with Gasteiger partial charge in [0.25, 0.3) is 5.56 Å². The molecule has 2 fully saturated rings. The van der Waals surface area contributed by atoms with E-state index in [4.69, 9.17) is 9.72 Å². The molecule has 11 nitrogen and oxygen atoms in total. The van der Waals surface area contributed by atoms with Gasteiger partial charge in [-0.05, 0) is 43.2 Å². The fourth-order valence-corrected chi connectivity index (χ4v) is 4.56. The van der Waals surface area contributed by atoms with Crippen LogP contribution in [0.25, 0.3) is 10.8 Å². The van der Waals surface area contributed by atoms with Crippen molar-refractivity contribution in [2.75, 3.05) is 36.9 Å². The van der Waals surface area contributed by atoms with E-state index in [1.807, 2.05) is 6.07 Å². The first kappa shape index (κ1) is 23.2. The molecule has 3 aromatic heterocycles. The van der Waals surface area contributed by atoms with E-state index in [1.54, 1.807) is 35.8 Å². The molecule has 35 heavy (non-hydrogen) atoms. The van der Waals surface area contributed by atoms with Crippen LogP contribution in [0.5, 0.6) is 0 Å². The second-order valence-electron chi connectivity index (χ2n) is 8.93. The molecule has 1 saturated carbocycles. The minimum Gasteiger partial charge on any atom is -0.393 e. The number of amides is 1. The van der Waals surface area contributed by atoms with Crippen molar-refractivity contribution in [2.24, 2.45) is 0 Å². The summed E-state index contributed by atoms with van der Waals surface area (Å²) in [5.41, 5.74) is -0.277. The number of morpholine rings is 1. The average Bonchev–Trinajstić information content (AvgIpc) is 2.88. The van der Waals surface area contributed by atoms with Gasteiger partial charge in [-0.25, -0.2) is 9.97 Å². The predicted octanol–water partition coefficient (Wildman–Crippen LogP) is 1.50. The highest BCUT2D eigenvalue weighted by atomic mass is 16.5. The Kier molecular flexibility index (Phi) is 6.87. The van der Waals surface area contributed by atoms with Crippen LogP contribution in [0.2, 0.25) is 0 Å². The quantitative estimate of drug-likeness (QED) is 0.481. The molecule has 1 saturated heterocycles. The maximum Gasteiger partial charge on any atom is 0.262 e. The van der Waals surface area contributed by atoms with Gasteiger partial charge in [-0.2, -0.15) is 0 Å². The minimum atomic E-state index is -0.286. The fourth-order valence-electron chi connectivity index (χ4n) is 4.56. The van der Waals surface area contributed by atoms with Crippen molar-refractivity contribution in [1.29, 1.82) is 0 Å². The summed E-state index contributed by atoms with van der Waals surface area (Å²) in [6, 6.07) is 3.70. The van der Waals surface area contributed by atoms with Crippen molar-refractivity contribution < 1.29 is 14.6 Å². The van der Waals surface area contributed by atoms with Gasteiger partial charge in [-0.3, -0.25) is 14.6 Å². The Morgan fingerprint density at radius 3 is 2.69 bits per heavy atom. The molecule has 2 aliphatic rings. The second-order valence-corrected chi connectivity index (χ2v) is 8.93. The number of aliphatic hydroxyl groups excluding tert-OH is 1. The first-order chi connectivity index (χ1) is 17.1. The number of hydrogen-bond acceptors (Lipinski definition) is 9. The summed E-state index contributed by atoms with van der Waals surface area (Å²) in [7, 11) is 0. The largest absolute Gasteiger partial charge is 0.393 e. The van der Waals surface area contributed by atoms with Crippen molar-refractivity contribution in [3.63, 3.8) is 0 Å². The SMILES string of the molecule is O=C(Cn1ccc2cc(Nc3cnccn3)nc(NC3CCC(O)CC3)c2c1=O)N1CCOCC1. The molecule has 3 N–H and O–H groups in total. The van der Waals surface area contributed by atoms with E-state index in [-0.39, 0.29) is 30.2 Å². The lowest BCUT2D eigenvalue weighted by Gasteiger charge is -2.28. The third kappa shape index (κ3) is 5.41. The van der Waals surface area contributed by atoms with Gasteiger partial charge in [0.05, 0.1) is 30.9 Å². The van der Waals surface area contributed by atoms with Crippen LogP contribution in [0.4, 0.5) is 17.5 Å². The zero-order valence-corrected chi connectivity index (χ0v) is 19.4. The van der Waals surface area contributed by atoms with Gasteiger partial charge >= 0.3 is 0 Å². The van der Waals surface area contributed by atoms with Crippen LogP contribution in [0.15, 0.2) is 41.7 Å². The van der Waals surface area contributed by atoms with Crippen LogP contribution in [0, 0.1) is 0 Å². The van der Waals surface area contributed by atoms with E-state index in [2.05, 4.69) is 20.6 Å². The fraction of sp³-hybridized carbons (Fsp3) is 0.458. The molecule has 11 heteroatoms. The lowest BCUT2D eigenvalue weighted by atomic mass is 9.93. The van der Waals surface area contributed by atoms with Crippen LogP contribution in [0.1, 0.15) is 25.7 Å². The highest BCUT2D eigenvalue weighted by molar-refractivity contribution is 5.93. The van der Waals surface area contributed by atoms with Crippen LogP contribution in [0.3, 0.4) is 0 Å². The number of ether oxygens (including phenoxy) is 1. The zero-order valence-electron chi connectivity index (χ0n) is 19.4. The Morgan fingerprint density at radius 2 is 1.94 bits per heavy atom. The first-order valence-corrected chi connectivity index (χ1v) is 11.9. The minimum absolute atomic E-state index is 0.0383. The molecule has 0 radical (unpaired) electrons. The third-order valence-electron chi connectivity index (χ3n) is 6.48. The molecule has 1 amide bonds. The Morgan fingerprint density at radius 1 is 1.14 bits per heavy atom. The van der Waals surface area contributed by atoms with Gasteiger partial charge in [-0.15, -0.1) is 0 Å². The molecule has 0 aromatic carbocycles. The molecule has 184 valence electrons. The molecule has 5 rings (SSSR count). The van der Waals surface area contributed by atoms with Crippen LogP contribution in [-0.4, -0.2) is 73.9 Å². The number of pyridine rings is 2. The number of nitrogens with one attached hydrogen (secondary N) is 2. The zero-order chi connectivity index (χ0) is 24.2. The van der Waals surface area contributed by atoms with Crippen LogP contribution >= 0.6 is 0 Å². The number of rotatable bonds is 6. The highest BCUT2D eigenvalue weighted by Gasteiger charge is 2.23. The first-order valence-electron chi connectivity index (χ1n) is 11.9. The molecule has 1 aliphatic carbocycles. The van der Waals surface area contributed by atoms with Crippen LogP contribution < -0.4 is 16.2 Å². The predicted molar refractivity (Wildman–Crippen MR) is 131 cm³/mol. The van der Waals surface area contributed by atoms with Crippen LogP contribution in [-0.2, 0) is 16.1 Å². The van der Waals surface area contributed by atoms with Gasteiger partial charge in [-0.1, -0.05) is 0 Å². The third-order valence-corrected chi connectivity index (χ3v) is 6.48. The molecule has 4 heterocycles. The molecule has 0 unspecified atom stereocenters. The maximum absolute atomic E-state index is 13.5. The number of aromatic nitrogens is 4. The van der Waals surface area contributed by atoms with E-state index in [0.717, 1.165) is 12.8 Å². The van der Waals surface area contributed by atoms with E-state index in [1.165, 1.54) is 4.57 Å². The molecule has 0 atom stereocenters. The second kappa shape index (κ2) is 10.4. The normalized spacial score (nSPS) is 20.5. The standard InChI is InChI=1S/C24H29N7O4/c32-18-3-1-17(2-4-18)27-23-22-16(13-19(29-23)28-20-14-25-6-7-26-20)5-8-31(24(22)34)15-21(33)30-9-11-35-12-10-30/h5-8,13-14,17-18,32H,1-4,9-12,15H2,(H2,26,27,28,29). The lowest BCUT2D eigenvalue weighted by molar-refractivity contribution is -0.135. The Bertz CT molecular complexity index is 1240. The number of hydrogen-bond donors (Lipinski definition) is 3. The highest BCUT2D eigenvalue weighted by Crippen LogP contribution is 2.27. The Balaban J connectivity index is 1.48. The topological polar surface area (TPSA) is 134 Å². The lowest BCUT2D eigenvalue weighted by Crippen LogP contribution is -2.43. The maximum atomic E-state index is 13.5. The molecule has 0 spiro atoms. The van der Waals surface area contributed by atoms with Crippen molar-refractivity contribution >= 4 is 34.1 Å². The van der Waals surface area contributed by atoms with Gasteiger partial charge in [0.1, 0.15) is 24.0 Å². The van der Waals surface area contributed by atoms with E-state index < -0.39 is 0 Å². The summed E-state index contributed by atoms with van der Waals surface area (Å²) in [5.74, 6) is 1.40. The monoisotopic (exact) mass is 479 g/mol. The molecular weight excluding hydrogens is 450 g/mol. The van der Waals surface area contributed by atoms with E-state index in [9.17, 15) is 14.7 Å².